The summed E-state index contributed by atoms with van der Waals surface area (Å²) in [6.07, 6.45) is 2.98. The lowest BCUT2D eigenvalue weighted by molar-refractivity contribution is -0.151. The molecule has 2 fully saturated rings. The van der Waals surface area contributed by atoms with Crippen molar-refractivity contribution in [1.29, 1.82) is 0 Å². The molecule has 4 nitrogen and oxygen atoms in total. The quantitative estimate of drug-likeness (QED) is 0.604. The Kier molecular flexibility index (Phi) is 2.49. The Bertz CT molecular complexity index is 244. The molecule has 4 heteroatoms. The van der Waals surface area contributed by atoms with Gasteiger partial charge < -0.3 is 9.47 Å². The van der Waals surface area contributed by atoms with Crippen molar-refractivity contribution in [2.24, 2.45) is 0 Å². The summed E-state index contributed by atoms with van der Waals surface area (Å²) in [5, 5.41) is 0. The fraction of sp³-hybridized carbons (Fsp3) is 0.900. The Morgan fingerprint density at radius 3 is 2.93 bits per heavy atom. The van der Waals surface area contributed by atoms with E-state index in [1.54, 1.807) is 7.11 Å². The van der Waals surface area contributed by atoms with Crippen molar-refractivity contribution in [3.05, 3.63) is 0 Å². The van der Waals surface area contributed by atoms with Gasteiger partial charge in [0.15, 0.2) is 0 Å². The molecule has 0 N–H and O–H groups in total. The van der Waals surface area contributed by atoms with Crippen LogP contribution in [0.4, 0.5) is 0 Å². The van der Waals surface area contributed by atoms with E-state index in [1.807, 2.05) is 0 Å². The summed E-state index contributed by atoms with van der Waals surface area (Å²) in [5.74, 6) is -0.0884. The van der Waals surface area contributed by atoms with Crippen LogP contribution in [0.25, 0.3) is 0 Å². The van der Waals surface area contributed by atoms with Crippen LogP contribution in [0.2, 0.25) is 0 Å². The van der Waals surface area contributed by atoms with Crippen LogP contribution in [0.3, 0.4) is 0 Å². The third-order valence-corrected chi connectivity index (χ3v) is 3.51. The van der Waals surface area contributed by atoms with Crippen LogP contribution in [0, 0.1) is 0 Å². The monoisotopic (exact) mass is 199 g/mol. The molecule has 2 aliphatic rings. The molecule has 0 saturated carbocycles. The molecule has 0 aromatic carbocycles. The van der Waals surface area contributed by atoms with Gasteiger partial charge in [-0.05, 0) is 19.4 Å². The first-order valence-electron chi connectivity index (χ1n) is 5.09. The van der Waals surface area contributed by atoms with Crippen molar-refractivity contribution in [3.63, 3.8) is 0 Å². The molecule has 0 aromatic rings. The Balaban J connectivity index is 2.18. The van der Waals surface area contributed by atoms with Gasteiger partial charge in [-0.25, -0.2) is 0 Å². The lowest BCUT2D eigenvalue weighted by atomic mass is 9.93. The van der Waals surface area contributed by atoms with Gasteiger partial charge in [0.05, 0.1) is 13.2 Å². The molecule has 2 saturated heterocycles. The van der Waals surface area contributed by atoms with Gasteiger partial charge in [0, 0.05) is 20.1 Å². The number of carbonyl (C=O) groups excluding carboxylic acids is 1. The SMILES string of the molecule is COC(=O)[C@]12CCCN1C[C@H](OC)C2. The summed E-state index contributed by atoms with van der Waals surface area (Å²) >= 11 is 0. The second kappa shape index (κ2) is 3.51. The first-order chi connectivity index (χ1) is 6.73. The molecule has 0 amide bonds. The molecule has 2 heterocycles. The summed E-state index contributed by atoms with van der Waals surface area (Å²) in [5.41, 5.74) is -0.366. The summed E-state index contributed by atoms with van der Waals surface area (Å²) in [6, 6.07) is 0. The average Bonchev–Trinajstić information content (AvgIpc) is 2.72. The number of hydrogen-bond acceptors (Lipinski definition) is 4. The molecule has 0 bridgehead atoms. The Hall–Kier alpha value is -0.610. The zero-order valence-electron chi connectivity index (χ0n) is 8.78. The first kappa shape index (κ1) is 9.93. The third-order valence-electron chi connectivity index (χ3n) is 3.51. The highest BCUT2D eigenvalue weighted by molar-refractivity contribution is 5.81. The van der Waals surface area contributed by atoms with E-state index in [0.29, 0.717) is 0 Å². The largest absolute Gasteiger partial charge is 0.468 e. The molecule has 0 unspecified atom stereocenters. The molecule has 14 heavy (non-hydrogen) atoms. The highest BCUT2D eigenvalue weighted by Gasteiger charge is 2.54. The molecule has 0 spiro atoms. The van der Waals surface area contributed by atoms with E-state index in [2.05, 4.69) is 4.90 Å². The van der Waals surface area contributed by atoms with E-state index in [9.17, 15) is 4.79 Å². The first-order valence-corrected chi connectivity index (χ1v) is 5.09. The molecular formula is C10H17NO3. The van der Waals surface area contributed by atoms with Crippen LogP contribution in [-0.4, -0.2) is 49.8 Å². The Labute approximate surface area is 84.2 Å². The molecule has 0 aromatic heterocycles. The topological polar surface area (TPSA) is 38.8 Å². The zero-order chi connectivity index (χ0) is 10.2. The Morgan fingerprint density at radius 2 is 2.29 bits per heavy atom. The van der Waals surface area contributed by atoms with Gasteiger partial charge in [-0.2, -0.15) is 0 Å². The van der Waals surface area contributed by atoms with Gasteiger partial charge in [-0.3, -0.25) is 9.69 Å². The predicted octanol–water partition coefficient (Wildman–Crippen LogP) is 0.413. The van der Waals surface area contributed by atoms with Crippen LogP contribution < -0.4 is 0 Å². The van der Waals surface area contributed by atoms with E-state index < -0.39 is 0 Å². The molecular weight excluding hydrogens is 182 g/mol. The summed E-state index contributed by atoms with van der Waals surface area (Å²) in [4.78, 5) is 14.0. The molecule has 2 rings (SSSR count). The van der Waals surface area contributed by atoms with Gasteiger partial charge in [0.25, 0.3) is 0 Å². The molecule has 0 radical (unpaired) electrons. The van der Waals surface area contributed by atoms with E-state index in [1.165, 1.54) is 7.11 Å². The standard InChI is InChI=1S/C10H17NO3/c1-13-8-6-10(9(12)14-2)4-3-5-11(10)7-8/h8H,3-7H2,1-2H3/t8-,10-/m1/s1. The summed E-state index contributed by atoms with van der Waals surface area (Å²) < 4.78 is 10.2. The van der Waals surface area contributed by atoms with E-state index in [-0.39, 0.29) is 17.6 Å². The minimum atomic E-state index is -0.366. The highest BCUT2D eigenvalue weighted by atomic mass is 16.5. The van der Waals surface area contributed by atoms with Crippen molar-refractivity contribution in [2.75, 3.05) is 27.3 Å². The normalized spacial score (nSPS) is 37.1. The second-order valence-electron chi connectivity index (χ2n) is 4.13. The summed E-state index contributed by atoms with van der Waals surface area (Å²) in [7, 11) is 3.17. The van der Waals surface area contributed by atoms with Crippen molar-refractivity contribution in [2.45, 2.75) is 30.9 Å². The number of methoxy groups -OCH3 is 2. The van der Waals surface area contributed by atoms with Gasteiger partial charge in [-0.15, -0.1) is 0 Å². The van der Waals surface area contributed by atoms with Crippen LogP contribution in [0.5, 0.6) is 0 Å². The van der Waals surface area contributed by atoms with E-state index in [0.717, 1.165) is 32.4 Å². The predicted molar refractivity (Wildman–Crippen MR) is 51.0 cm³/mol. The third kappa shape index (κ3) is 1.25. The number of hydrogen-bond donors (Lipinski definition) is 0. The van der Waals surface area contributed by atoms with Crippen LogP contribution in [0.1, 0.15) is 19.3 Å². The number of nitrogens with zero attached hydrogens (tertiary/aromatic N) is 1. The number of ether oxygens (including phenoxy) is 2. The highest BCUT2D eigenvalue weighted by Crippen LogP contribution is 2.40. The lowest BCUT2D eigenvalue weighted by Crippen LogP contribution is -2.46. The van der Waals surface area contributed by atoms with Crippen molar-refractivity contribution >= 4 is 5.97 Å². The van der Waals surface area contributed by atoms with Gasteiger partial charge in [0.1, 0.15) is 5.54 Å². The van der Waals surface area contributed by atoms with Gasteiger partial charge in [0.2, 0.25) is 0 Å². The zero-order valence-corrected chi connectivity index (χ0v) is 8.78. The minimum Gasteiger partial charge on any atom is -0.468 e. The fourth-order valence-corrected chi connectivity index (χ4v) is 2.78. The maximum Gasteiger partial charge on any atom is 0.326 e. The molecule has 0 aliphatic carbocycles. The minimum absolute atomic E-state index is 0.0884. The van der Waals surface area contributed by atoms with E-state index >= 15 is 0 Å². The van der Waals surface area contributed by atoms with Crippen LogP contribution in [-0.2, 0) is 14.3 Å². The number of esters is 1. The average molecular weight is 199 g/mol. The molecule has 80 valence electrons. The number of carbonyl (C=O) groups is 1. The smallest absolute Gasteiger partial charge is 0.326 e. The fourth-order valence-electron chi connectivity index (χ4n) is 2.78. The van der Waals surface area contributed by atoms with Crippen LogP contribution >= 0.6 is 0 Å². The van der Waals surface area contributed by atoms with E-state index in [4.69, 9.17) is 9.47 Å². The number of rotatable bonds is 2. The second-order valence-corrected chi connectivity index (χ2v) is 4.13. The van der Waals surface area contributed by atoms with Crippen molar-refractivity contribution < 1.29 is 14.3 Å². The molecule has 2 aliphatic heterocycles. The maximum absolute atomic E-state index is 11.8. The van der Waals surface area contributed by atoms with Crippen LogP contribution in [0.15, 0.2) is 0 Å². The van der Waals surface area contributed by atoms with Gasteiger partial charge in [-0.1, -0.05) is 0 Å². The summed E-state index contributed by atoms with van der Waals surface area (Å²) in [6.45, 7) is 1.86. The molecule has 2 atom stereocenters. The van der Waals surface area contributed by atoms with Gasteiger partial charge >= 0.3 is 5.97 Å². The lowest BCUT2D eigenvalue weighted by Gasteiger charge is -2.27. The Morgan fingerprint density at radius 1 is 1.50 bits per heavy atom. The van der Waals surface area contributed by atoms with Crippen molar-refractivity contribution in [1.82, 2.24) is 4.90 Å². The van der Waals surface area contributed by atoms with Crippen molar-refractivity contribution in [3.8, 4) is 0 Å². The maximum atomic E-state index is 11.8. The number of fused-ring (bicyclic) bond motifs is 1.